The first kappa shape index (κ1) is 18.2. The molecule has 1 heterocycles. The number of anilines is 2. The highest BCUT2D eigenvalue weighted by atomic mass is 35.5. The molecule has 2 rings (SSSR count). The van der Waals surface area contributed by atoms with Gasteiger partial charge in [-0.2, -0.15) is 11.8 Å². The van der Waals surface area contributed by atoms with Crippen LogP contribution in [0.4, 0.5) is 16.2 Å². The summed E-state index contributed by atoms with van der Waals surface area (Å²) in [5.74, 6) is 2.22. The predicted molar refractivity (Wildman–Crippen MR) is 98.9 cm³/mol. The van der Waals surface area contributed by atoms with Crippen molar-refractivity contribution in [2.24, 2.45) is 5.92 Å². The van der Waals surface area contributed by atoms with Crippen LogP contribution in [0.15, 0.2) is 18.2 Å². The number of thioether (sulfide) groups is 1. The minimum absolute atomic E-state index is 0.00341. The average molecular weight is 358 g/mol. The van der Waals surface area contributed by atoms with Crippen molar-refractivity contribution in [1.82, 2.24) is 5.32 Å². The van der Waals surface area contributed by atoms with Gasteiger partial charge in [0.2, 0.25) is 0 Å². The third-order valence-electron chi connectivity index (χ3n) is 4.06. The van der Waals surface area contributed by atoms with E-state index < -0.39 is 0 Å². The lowest BCUT2D eigenvalue weighted by atomic mass is 10.1. The second-order valence-corrected chi connectivity index (χ2v) is 7.44. The smallest absolute Gasteiger partial charge is 0.319 e. The molecule has 0 radical (unpaired) electrons. The van der Waals surface area contributed by atoms with E-state index >= 15 is 0 Å². The van der Waals surface area contributed by atoms with Crippen LogP contribution in [0.25, 0.3) is 0 Å². The van der Waals surface area contributed by atoms with Crippen molar-refractivity contribution in [3.8, 4) is 0 Å². The molecule has 1 saturated heterocycles. The molecule has 0 aromatic heterocycles. The maximum Gasteiger partial charge on any atom is 0.319 e. The van der Waals surface area contributed by atoms with Crippen LogP contribution in [0.2, 0.25) is 5.02 Å². The molecule has 7 heteroatoms. The second kappa shape index (κ2) is 8.66. The van der Waals surface area contributed by atoms with Crippen LogP contribution < -0.4 is 15.5 Å². The number of halogens is 1. The van der Waals surface area contributed by atoms with E-state index in [-0.39, 0.29) is 24.6 Å². The summed E-state index contributed by atoms with van der Waals surface area (Å²) in [5, 5.41) is 15.3. The predicted octanol–water partition coefficient (Wildman–Crippen LogP) is 3.03. The summed E-state index contributed by atoms with van der Waals surface area (Å²) in [6.07, 6.45) is 0. The molecule has 0 bridgehead atoms. The molecule has 0 spiro atoms. The molecule has 1 aliphatic heterocycles. The zero-order valence-corrected chi connectivity index (χ0v) is 15.1. The summed E-state index contributed by atoms with van der Waals surface area (Å²) in [4.78, 5) is 14.3. The lowest BCUT2D eigenvalue weighted by molar-refractivity contribution is 0.204. The minimum Gasteiger partial charge on any atom is -0.396 e. The van der Waals surface area contributed by atoms with Crippen LogP contribution in [0, 0.1) is 5.92 Å². The molecular weight excluding hydrogens is 334 g/mol. The van der Waals surface area contributed by atoms with Gasteiger partial charge in [-0.05, 0) is 31.0 Å². The number of nitrogens with zero attached hydrogens (tertiary/aromatic N) is 1. The van der Waals surface area contributed by atoms with Crippen molar-refractivity contribution in [2.75, 3.05) is 41.4 Å². The molecular formula is C16H24ClN3O2S. The lowest BCUT2D eigenvalue weighted by Gasteiger charge is -2.29. The molecule has 3 N–H and O–H groups in total. The lowest BCUT2D eigenvalue weighted by Crippen LogP contribution is -2.40. The normalized spacial score (nSPS) is 17.5. The summed E-state index contributed by atoms with van der Waals surface area (Å²) in [6.45, 7) is 5.77. The monoisotopic (exact) mass is 357 g/mol. The van der Waals surface area contributed by atoms with Crippen LogP contribution in [0.3, 0.4) is 0 Å². The third-order valence-corrected chi connectivity index (χ3v) is 5.30. The van der Waals surface area contributed by atoms with Crippen LogP contribution in [0.5, 0.6) is 0 Å². The first-order valence-electron chi connectivity index (χ1n) is 7.82. The number of carbonyl (C=O) groups is 1. The maximum absolute atomic E-state index is 12.0. The van der Waals surface area contributed by atoms with Crippen molar-refractivity contribution >= 4 is 40.8 Å². The number of hydrogen-bond acceptors (Lipinski definition) is 4. The van der Waals surface area contributed by atoms with E-state index in [1.165, 1.54) is 0 Å². The van der Waals surface area contributed by atoms with Crippen molar-refractivity contribution < 1.29 is 9.90 Å². The highest BCUT2D eigenvalue weighted by Gasteiger charge is 2.16. The fourth-order valence-corrected chi connectivity index (χ4v) is 3.52. The number of nitrogens with one attached hydrogen (secondary N) is 2. The minimum atomic E-state index is -0.295. The Morgan fingerprint density at radius 3 is 2.70 bits per heavy atom. The van der Waals surface area contributed by atoms with Gasteiger partial charge < -0.3 is 20.6 Å². The summed E-state index contributed by atoms with van der Waals surface area (Å²) in [6, 6.07) is 5.19. The van der Waals surface area contributed by atoms with Gasteiger partial charge in [-0.25, -0.2) is 4.79 Å². The van der Waals surface area contributed by atoms with E-state index in [2.05, 4.69) is 15.5 Å². The molecule has 1 fully saturated rings. The van der Waals surface area contributed by atoms with Gasteiger partial charge in [0.1, 0.15) is 0 Å². The molecule has 2 atom stereocenters. The number of amides is 2. The van der Waals surface area contributed by atoms with Gasteiger partial charge in [0, 0.05) is 42.9 Å². The number of rotatable bonds is 5. The Morgan fingerprint density at radius 2 is 2.09 bits per heavy atom. The topological polar surface area (TPSA) is 64.6 Å². The van der Waals surface area contributed by atoms with Gasteiger partial charge in [0.25, 0.3) is 0 Å². The Hall–Kier alpha value is -1.11. The largest absolute Gasteiger partial charge is 0.396 e. The Labute approximate surface area is 146 Å². The summed E-state index contributed by atoms with van der Waals surface area (Å²) < 4.78 is 0. The molecule has 23 heavy (non-hydrogen) atoms. The van der Waals surface area contributed by atoms with Crippen LogP contribution in [-0.4, -0.2) is 48.4 Å². The molecule has 1 aromatic rings. The van der Waals surface area contributed by atoms with E-state index in [0.717, 1.165) is 30.3 Å². The van der Waals surface area contributed by atoms with Crippen LogP contribution in [-0.2, 0) is 0 Å². The molecule has 1 aliphatic rings. The van der Waals surface area contributed by atoms with Gasteiger partial charge in [-0.3, -0.25) is 0 Å². The Kier molecular flexibility index (Phi) is 6.87. The Balaban J connectivity index is 1.96. The standard InChI is InChI=1S/C16H24ClN3O2S/c1-11(10-21)12(2)18-16(22)19-13-3-4-15(14(17)9-13)20-5-7-23-8-6-20/h3-4,9,11-12,21H,5-8,10H2,1-2H3,(H2,18,19,22). The number of urea groups is 1. The van der Waals surface area contributed by atoms with Crippen molar-refractivity contribution in [2.45, 2.75) is 19.9 Å². The zero-order valence-electron chi connectivity index (χ0n) is 13.5. The number of aliphatic hydroxyl groups is 1. The summed E-state index contributed by atoms with van der Waals surface area (Å²) >= 11 is 8.32. The molecule has 0 saturated carbocycles. The van der Waals surface area contributed by atoms with Gasteiger partial charge in [-0.15, -0.1) is 0 Å². The first-order chi connectivity index (χ1) is 11.0. The Morgan fingerprint density at radius 1 is 1.39 bits per heavy atom. The first-order valence-corrected chi connectivity index (χ1v) is 9.35. The number of aliphatic hydroxyl groups excluding tert-OH is 1. The Bertz CT molecular complexity index is 538. The van der Waals surface area contributed by atoms with Gasteiger partial charge in [0.15, 0.2) is 0 Å². The fourth-order valence-electron chi connectivity index (χ4n) is 2.32. The highest BCUT2D eigenvalue weighted by molar-refractivity contribution is 7.99. The van der Waals surface area contributed by atoms with Gasteiger partial charge in [-0.1, -0.05) is 18.5 Å². The van der Waals surface area contributed by atoms with Crippen molar-refractivity contribution in [1.29, 1.82) is 0 Å². The van der Waals surface area contributed by atoms with Crippen molar-refractivity contribution in [3.63, 3.8) is 0 Å². The van der Waals surface area contributed by atoms with E-state index in [0.29, 0.717) is 10.7 Å². The zero-order chi connectivity index (χ0) is 16.8. The van der Waals surface area contributed by atoms with Gasteiger partial charge in [0.05, 0.1) is 10.7 Å². The van der Waals surface area contributed by atoms with Gasteiger partial charge >= 0.3 is 6.03 Å². The quantitative estimate of drug-likeness (QED) is 0.758. The van der Waals surface area contributed by atoms with E-state index in [9.17, 15) is 4.79 Å². The van der Waals surface area contributed by atoms with Crippen LogP contribution in [0.1, 0.15) is 13.8 Å². The number of carbonyl (C=O) groups excluding carboxylic acids is 1. The summed E-state index contributed by atoms with van der Waals surface area (Å²) in [7, 11) is 0. The maximum atomic E-state index is 12.0. The molecule has 5 nitrogen and oxygen atoms in total. The van der Waals surface area contributed by atoms with Crippen LogP contribution >= 0.6 is 23.4 Å². The fraction of sp³-hybridized carbons (Fsp3) is 0.562. The molecule has 1 aromatic carbocycles. The van der Waals surface area contributed by atoms with E-state index in [1.54, 1.807) is 6.07 Å². The SMILES string of the molecule is CC(CO)C(C)NC(=O)Nc1ccc(N2CCSCC2)c(Cl)c1. The number of hydrogen-bond donors (Lipinski definition) is 3. The molecule has 2 unspecified atom stereocenters. The average Bonchev–Trinajstić information content (AvgIpc) is 2.54. The van der Waals surface area contributed by atoms with E-state index in [4.69, 9.17) is 16.7 Å². The molecule has 0 aliphatic carbocycles. The molecule has 2 amide bonds. The van der Waals surface area contributed by atoms with Crippen molar-refractivity contribution in [3.05, 3.63) is 23.2 Å². The molecule has 128 valence electrons. The second-order valence-electron chi connectivity index (χ2n) is 5.81. The number of benzene rings is 1. The summed E-state index contributed by atoms with van der Waals surface area (Å²) in [5.41, 5.74) is 1.67. The highest BCUT2D eigenvalue weighted by Crippen LogP contribution is 2.30. The van der Waals surface area contributed by atoms with E-state index in [1.807, 2.05) is 37.7 Å². The third kappa shape index (κ3) is 5.19.